The average Bonchev–Trinajstić information content (AvgIpc) is 0.851. The third-order valence-electron chi connectivity index (χ3n) is 25.7. The molecular weight excluding hydrogens is 1290 g/mol. The minimum Gasteiger partial charge on any atom is -0.454 e. The minimum absolute atomic E-state index is 0.230. The predicted molar refractivity (Wildman–Crippen MR) is 447 cm³/mol. The molecule has 2 fully saturated rings. The summed E-state index contributed by atoms with van der Waals surface area (Å²) < 4.78 is 15.5. The van der Waals surface area contributed by atoms with Gasteiger partial charge in [-0.25, -0.2) is 0 Å². The summed E-state index contributed by atoms with van der Waals surface area (Å²) in [6, 6.07) is 107. The number of hydrogen-bond acceptors (Lipinski definition) is 4. The zero-order valence-corrected chi connectivity index (χ0v) is 60.5. The first-order chi connectivity index (χ1) is 52.1. The Balaban J connectivity index is 0.872. The van der Waals surface area contributed by atoms with Crippen molar-refractivity contribution in [3.8, 4) is 44.5 Å². The maximum Gasteiger partial charge on any atom is 0.159 e. The molecule has 4 nitrogen and oxygen atoms in total. The van der Waals surface area contributed by atoms with Gasteiger partial charge in [0.1, 0.15) is 11.2 Å². The molecule has 18 aromatic rings. The maximum absolute atomic E-state index is 7.76. The number of anilines is 6. The number of furan rings is 2. The van der Waals surface area contributed by atoms with E-state index in [-0.39, 0.29) is 10.8 Å². The molecule has 510 valence electrons. The molecule has 0 saturated heterocycles. The van der Waals surface area contributed by atoms with E-state index in [1.165, 1.54) is 196 Å². The van der Waals surface area contributed by atoms with Crippen LogP contribution in [0.3, 0.4) is 0 Å². The number of rotatable bonds is 10. The molecular formula is C102H80N2O2. The monoisotopic (exact) mass is 1360 g/mol. The van der Waals surface area contributed by atoms with Gasteiger partial charge in [0.05, 0.1) is 22.7 Å². The van der Waals surface area contributed by atoms with Crippen molar-refractivity contribution in [2.75, 3.05) is 9.80 Å². The van der Waals surface area contributed by atoms with Crippen molar-refractivity contribution in [3.63, 3.8) is 0 Å². The van der Waals surface area contributed by atoms with Gasteiger partial charge in [-0.2, -0.15) is 0 Å². The predicted octanol–water partition coefficient (Wildman–Crippen LogP) is 29.7. The summed E-state index contributed by atoms with van der Waals surface area (Å²) in [5.41, 5.74) is 27.7. The van der Waals surface area contributed by atoms with E-state index >= 15 is 0 Å². The summed E-state index contributed by atoms with van der Waals surface area (Å²) in [5, 5.41) is 16.8. The van der Waals surface area contributed by atoms with Crippen molar-refractivity contribution in [3.05, 3.63) is 312 Å². The van der Waals surface area contributed by atoms with Gasteiger partial charge < -0.3 is 18.6 Å². The first-order valence-electron chi connectivity index (χ1n) is 38.8. The number of hydrogen-bond donors (Lipinski definition) is 0. The molecule has 0 atom stereocenters. The van der Waals surface area contributed by atoms with Gasteiger partial charge in [-0.1, -0.05) is 272 Å². The Labute approximate surface area is 618 Å². The summed E-state index contributed by atoms with van der Waals surface area (Å²) in [6.45, 7) is 9.65. The molecule has 2 heterocycles. The lowest BCUT2D eigenvalue weighted by Crippen LogP contribution is -2.15. The third-order valence-corrected chi connectivity index (χ3v) is 25.7. The van der Waals surface area contributed by atoms with Crippen LogP contribution in [0, 0.1) is 0 Å². The van der Waals surface area contributed by atoms with E-state index in [0.29, 0.717) is 11.8 Å². The highest BCUT2D eigenvalue weighted by molar-refractivity contribution is 6.33. The molecule has 106 heavy (non-hydrogen) atoms. The average molecular weight is 1370 g/mol. The summed E-state index contributed by atoms with van der Waals surface area (Å²) in [6.07, 6.45) is 12.2. The van der Waals surface area contributed by atoms with Crippen LogP contribution in [0.1, 0.15) is 137 Å². The van der Waals surface area contributed by atoms with E-state index in [2.05, 4.69) is 317 Å². The van der Waals surface area contributed by atoms with Gasteiger partial charge in [-0.05, 0) is 221 Å². The fourth-order valence-corrected chi connectivity index (χ4v) is 20.6. The lowest BCUT2D eigenvalue weighted by molar-refractivity contribution is 0.442. The zero-order valence-electron chi connectivity index (χ0n) is 60.5. The number of para-hydroxylation sites is 4. The lowest BCUT2D eigenvalue weighted by Gasteiger charge is -2.31. The molecule has 0 spiro atoms. The normalized spacial score (nSPS) is 15.6. The van der Waals surface area contributed by atoms with Crippen LogP contribution in [0.25, 0.3) is 142 Å². The van der Waals surface area contributed by atoms with Crippen LogP contribution in [0.15, 0.2) is 288 Å². The van der Waals surface area contributed by atoms with Gasteiger partial charge in [-0.3, -0.25) is 0 Å². The molecule has 0 radical (unpaired) electrons. The Bertz CT molecular complexity index is 6270. The van der Waals surface area contributed by atoms with E-state index in [1.54, 1.807) is 0 Å². The van der Waals surface area contributed by atoms with Crippen LogP contribution >= 0.6 is 0 Å². The zero-order chi connectivity index (χ0) is 70.3. The van der Waals surface area contributed by atoms with Crippen LogP contribution in [0.5, 0.6) is 0 Å². The molecule has 2 aromatic heterocycles. The van der Waals surface area contributed by atoms with Gasteiger partial charge in [0.15, 0.2) is 11.2 Å². The number of fused-ring (bicyclic) bond motifs is 16. The molecule has 4 aliphatic carbocycles. The van der Waals surface area contributed by atoms with E-state index in [1.807, 2.05) is 0 Å². The Morgan fingerprint density at radius 3 is 1.08 bits per heavy atom. The van der Waals surface area contributed by atoms with E-state index in [0.717, 1.165) is 78.0 Å². The molecule has 0 aliphatic heterocycles. The van der Waals surface area contributed by atoms with Crippen molar-refractivity contribution >= 4 is 132 Å². The van der Waals surface area contributed by atoms with Gasteiger partial charge in [0, 0.05) is 65.3 Å². The quantitative estimate of drug-likeness (QED) is 0.128. The highest BCUT2D eigenvalue weighted by Crippen LogP contribution is 2.59. The highest BCUT2D eigenvalue weighted by Gasteiger charge is 2.39. The molecule has 4 heteroatoms. The summed E-state index contributed by atoms with van der Waals surface area (Å²) >= 11 is 0. The van der Waals surface area contributed by atoms with Crippen molar-refractivity contribution in [2.45, 2.75) is 115 Å². The molecule has 0 amide bonds. The topological polar surface area (TPSA) is 32.8 Å². The third kappa shape index (κ3) is 9.00. The molecule has 22 rings (SSSR count). The van der Waals surface area contributed by atoms with Gasteiger partial charge in [0.2, 0.25) is 0 Å². The second-order valence-electron chi connectivity index (χ2n) is 32.1. The van der Waals surface area contributed by atoms with E-state index < -0.39 is 0 Å². The SMILES string of the molecule is CC1(C)c2ccccc2-c2ccc(-c3cc(N(c4ccccc4)c4cccc5c4oc4c(C6CCCCC6)cc6ccccc6c45)c4ccc5c(-c6ccc7c(c6)C(C)(C)c6ccccc6-7)cc(N(c6ccccc6)c6cccc7c6oc6c(C8CCCCC8)cc8ccccc8c67)c6ccc3c4c56)cc21. The van der Waals surface area contributed by atoms with Crippen LogP contribution in [-0.4, -0.2) is 0 Å². The fraction of sp³-hybridized carbons (Fsp3) is 0.176. The smallest absolute Gasteiger partial charge is 0.159 e. The van der Waals surface area contributed by atoms with E-state index in [9.17, 15) is 0 Å². The highest BCUT2D eigenvalue weighted by atomic mass is 16.3. The van der Waals surface area contributed by atoms with Gasteiger partial charge in [0.25, 0.3) is 0 Å². The number of benzene rings is 16. The molecule has 0 N–H and O–H groups in total. The first-order valence-corrected chi connectivity index (χ1v) is 38.8. The molecule has 0 bridgehead atoms. The van der Waals surface area contributed by atoms with E-state index in [4.69, 9.17) is 8.83 Å². The Hall–Kier alpha value is -11.7. The van der Waals surface area contributed by atoms with Crippen molar-refractivity contribution < 1.29 is 8.83 Å². The first kappa shape index (κ1) is 61.7. The van der Waals surface area contributed by atoms with Crippen LogP contribution < -0.4 is 9.80 Å². The summed E-state index contributed by atoms with van der Waals surface area (Å²) in [5.74, 6) is 0.858. The Morgan fingerprint density at radius 2 is 0.642 bits per heavy atom. The van der Waals surface area contributed by atoms with Crippen LogP contribution in [-0.2, 0) is 10.8 Å². The summed E-state index contributed by atoms with van der Waals surface area (Å²) in [4.78, 5) is 5.09. The second kappa shape index (κ2) is 23.4. The second-order valence-corrected chi connectivity index (χ2v) is 32.1. The van der Waals surface area contributed by atoms with Crippen LogP contribution in [0.2, 0.25) is 0 Å². The Morgan fingerprint density at radius 1 is 0.264 bits per heavy atom. The maximum atomic E-state index is 7.76. The van der Waals surface area contributed by atoms with Crippen LogP contribution in [0.4, 0.5) is 34.1 Å². The molecule has 0 unspecified atom stereocenters. The minimum atomic E-state index is -0.230. The molecule has 16 aromatic carbocycles. The largest absolute Gasteiger partial charge is 0.454 e. The van der Waals surface area contributed by atoms with Crippen molar-refractivity contribution in [2.24, 2.45) is 0 Å². The van der Waals surface area contributed by atoms with Gasteiger partial charge in [-0.15, -0.1) is 0 Å². The van der Waals surface area contributed by atoms with Crippen molar-refractivity contribution in [1.29, 1.82) is 0 Å². The molecule has 4 aliphatic rings. The summed E-state index contributed by atoms with van der Waals surface area (Å²) in [7, 11) is 0. The molecule has 2 saturated carbocycles. The number of nitrogens with zero attached hydrogens (tertiary/aromatic N) is 2. The van der Waals surface area contributed by atoms with Gasteiger partial charge >= 0.3 is 0 Å². The fourth-order valence-electron chi connectivity index (χ4n) is 20.6. The lowest BCUT2D eigenvalue weighted by atomic mass is 9.80. The van der Waals surface area contributed by atoms with Crippen molar-refractivity contribution in [1.82, 2.24) is 0 Å². The Kier molecular flexibility index (Phi) is 13.6. The standard InChI is InChI=1S/C102H80N2O2/c1-101(2)85-43-23-21-39-71(85)73-49-47-65(57-87(73)101)81-59-91(103(67-33-13-7-14-34-67)89-45-25-41-79-95-69-37-19-17-31-63(69)55-83(99(95)105-97(79)89)61-27-9-5-10-28-61)77-54-52-76-82(66-48-50-74-72-40-22-24-44-86(72)102(3,4)88(74)58-66)60-92(78-53-51-75(81)93(77)94(76)78)104(68-35-15-8-16-36-68)90-46-26-42-80-96-70-38-20-18-32-64(70)56-84(100(96)106-98(80)90)62-29-11-6-12-30-62/h7-8,13-26,31-62H,5-6,9-12,27-30H2,1-4H3.